The van der Waals surface area contributed by atoms with Crippen LogP contribution in [0.3, 0.4) is 0 Å². The minimum absolute atomic E-state index is 0.0929. The van der Waals surface area contributed by atoms with Crippen LogP contribution in [0.25, 0.3) is 0 Å². The Labute approximate surface area is 482 Å². The Morgan fingerprint density at radius 2 is 0.500 bits per heavy atom. The van der Waals surface area contributed by atoms with E-state index in [-0.39, 0.29) is 37.5 Å². The summed E-state index contributed by atoms with van der Waals surface area (Å²) in [5.74, 6) is -0.930. The molecule has 0 saturated heterocycles. The zero-order valence-electron chi connectivity index (χ0n) is 50.9. The molecule has 0 N–H and O–H groups in total. The van der Waals surface area contributed by atoms with Crippen molar-refractivity contribution in [3.63, 3.8) is 0 Å². The molecule has 0 rings (SSSR count). The Morgan fingerprint density at radius 1 is 0.269 bits per heavy atom. The smallest absolute Gasteiger partial charge is 0.306 e. The highest BCUT2D eigenvalue weighted by Crippen LogP contribution is 2.16. The van der Waals surface area contributed by atoms with Crippen LogP contribution < -0.4 is 0 Å². The van der Waals surface area contributed by atoms with Gasteiger partial charge < -0.3 is 14.2 Å². The molecule has 0 aromatic carbocycles. The fourth-order valence-corrected chi connectivity index (χ4v) is 8.91. The summed E-state index contributed by atoms with van der Waals surface area (Å²) in [6.45, 7) is 6.39. The second-order valence-electron chi connectivity index (χ2n) is 21.3. The van der Waals surface area contributed by atoms with E-state index < -0.39 is 6.10 Å². The van der Waals surface area contributed by atoms with Gasteiger partial charge in [0, 0.05) is 19.3 Å². The van der Waals surface area contributed by atoms with Crippen LogP contribution in [0, 0.1) is 0 Å². The molecule has 1 unspecified atom stereocenters. The molecule has 0 heterocycles. The van der Waals surface area contributed by atoms with E-state index in [0.29, 0.717) is 19.3 Å². The van der Waals surface area contributed by atoms with Gasteiger partial charge in [0.25, 0.3) is 0 Å². The normalized spacial score (nSPS) is 12.9. The van der Waals surface area contributed by atoms with Crippen LogP contribution in [0.5, 0.6) is 0 Å². The molecule has 0 aliphatic rings. The molecule has 0 radical (unpaired) electrons. The van der Waals surface area contributed by atoms with E-state index in [1.54, 1.807) is 0 Å². The van der Waals surface area contributed by atoms with E-state index >= 15 is 0 Å². The monoisotopic (exact) mass is 1080 g/mol. The quantitative estimate of drug-likeness (QED) is 0.0261. The van der Waals surface area contributed by atoms with Crippen LogP contribution in [-0.2, 0) is 28.6 Å². The molecule has 0 spiro atoms. The number of esters is 3. The summed E-state index contributed by atoms with van der Waals surface area (Å²) in [6.07, 6.45) is 90.8. The lowest BCUT2D eigenvalue weighted by Crippen LogP contribution is -2.30. The van der Waals surface area contributed by atoms with Gasteiger partial charge in [0.1, 0.15) is 13.2 Å². The molecule has 1 atom stereocenters. The maximum Gasteiger partial charge on any atom is 0.306 e. The lowest BCUT2D eigenvalue weighted by atomic mass is 10.0. The summed E-state index contributed by atoms with van der Waals surface area (Å²) in [5, 5.41) is 0. The average Bonchev–Trinajstić information content (AvgIpc) is 3.44. The van der Waals surface area contributed by atoms with Gasteiger partial charge in [0.2, 0.25) is 0 Å². The van der Waals surface area contributed by atoms with Gasteiger partial charge in [-0.2, -0.15) is 0 Å². The number of hydrogen-bond acceptors (Lipinski definition) is 6. The third-order valence-electron chi connectivity index (χ3n) is 13.7. The number of carbonyl (C=O) groups is 3. The molecule has 444 valence electrons. The number of allylic oxidation sites excluding steroid dienone is 20. The first kappa shape index (κ1) is 73.8. The van der Waals surface area contributed by atoms with Crippen LogP contribution >= 0.6 is 0 Å². The van der Waals surface area contributed by atoms with Crippen molar-refractivity contribution in [1.29, 1.82) is 0 Å². The van der Waals surface area contributed by atoms with Crippen LogP contribution in [-0.4, -0.2) is 37.2 Å². The van der Waals surface area contributed by atoms with E-state index in [9.17, 15) is 14.4 Å². The van der Waals surface area contributed by atoms with Gasteiger partial charge in [-0.15, -0.1) is 0 Å². The van der Waals surface area contributed by atoms with Crippen molar-refractivity contribution < 1.29 is 28.6 Å². The molecule has 0 fully saturated rings. The second kappa shape index (κ2) is 65.3. The fourth-order valence-electron chi connectivity index (χ4n) is 8.91. The number of carbonyl (C=O) groups excluding carboxylic acids is 3. The van der Waals surface area contributed by atoms with E-state index in [4.69, 9.17) is 14.2 Å². The van der Waals surface area contributed by atoms with Crippen LogP contribution in [0.4, 0.5) is 0 Å². The third kappa shape index (κ3) is 62.7. The van der Waals surface area contributed by atoms with Gasteiger partial charge in [-0.05, 0) is 109 Å². The molecule has 0 bridgehead atoms. The van der Waals surface area contributed by atoms with Crippen molar-refractivity contribution in [2.24, 2.45) is 0 Å². The maximum atomic E-state index is 12.9. The van der Waals surface area contributed by atoms with E-state index in [1.165, 1.54) is 135 Å². The molecular weight excluding hydrogens is 961 g/mol. The molecule has 0 aliphatic heterocycles. The number of ether oxygens (including phenoxy) is 3. The lowest BCUT2D eigenvalue weighted by Gasteiger charge is -2.18. The topological polar surface area (TPSA) is 78.9 Å². The molecule has 78 heavy (non-hydrogen) atoms. The maximum absolute atomic E-state index is 12.9. The van der Waals surface area contributed by atoms with Gasteiger partial charge in [-0.25, -0.2) is 0 Å². The van der Waals surface area contributed by atoms with Gasteiger partial charge >= 0.3 is 17.9 Å². The largest absolute Gasteiger partial charge is 0.462 e. The van der Waals surface area contributed by atoms with E-state index in [0.717, 1.165) is 116 Å². The Hall–Kier alpha value is -4.19. The van der Waals surface area contributed by atoms with Crippen molar-refractivity contribution in [2.75, 3.05) is 13.2 Å². The zero-order chi connectivity index (χ0) is 56.4. The molecule has 0 aromatic heterocycles. The summed E-state index contributed by atoms with van der Waals surface area (Å²) in [7, 11) is 0. The molecule has 0 amide bonds. The van der Waals surface area contributed by atoms with E-state index in [1.807, 2.05) is 0 Å². The van der Waals surface area contributed by atoms with Gasteiger partial charge in [-0.1, -0.05) is 290 Å². The Kier molecular flexibility index (Phi) is 61.8. The highest BCUT2D eigenvalue weighted by molar-refractivity contribution is 5.71. The summed E-state index contributed by atoms with van der Waals surface area (Å²) in [5.41, 5.74) is 0. The SMILES string of the molecule is CC/C=C\C/C=C\C/C=C\C/C=C\C/C=C\C/C=C\CCCCCCCCCCCCCCCCC(=O)OCC(COC(=O)CCCCCCCCCCCCCC)OC(=O)CCCC/C=C\C/C=C\C/C=C\C/C=C\CC. The standard InChI is InChI=1S/C72H120O6/c1-4-7-10-13-16-19-22-25-27-28-29-30-31-32-33-34-35-36-37-38-39-40-41-42-43-44-46-47-50-53-56-59-62-65-71(74)77-68-69(67-76-70(73)64-61-58-55-52-49-24-21-18-15-12-9-6-3)78-72(75)66-63-60-57-54-51-48-45-26-23-20-17-14-11-8-5-2/h7-8,10-11,16-17,19-20,25-27,29-30,32-33,35-36,45,51,54,69H,4-6,9,12-15,18,21-24,28,31,34,37-44,46-50,52-53,55-68H2,1-3H3/b10-7-,11-8-,19-16-,20-17-,27-25-,30-29-,33-32-,36-35-,45-26-,54-51-. The lowest BCUT2D eigenvalue weighted by molar-refractivity contribution is -0.167. The van der Waals surface area contributed by atoms with Gasteiger partial charge in [-0.3, -0.25) is 14.4 Å². The summed E-state index contributed by atoms with van der Waals surface area (Å²) in [6, 6.07) is 0. The summed E-state index contributed by atoms with van der Waals surface area (Å²) < 4.78 is 16.9. The predicted octanol–water partition coefficient (Wildman–Crippen LogP) is 22.4. The number of unbranched alkanes of at least 4 members (excludes halogenated alkanes) is 27. The second-order valence-corrected chi connectivity index (χ2v) is 21.3. The summed E-state index contributed by atoms with van der Waals surface area (Å²) in [4.78, 5) is 38.2. The highest BCUT2D eigenvalue weighted by atomic mass is 16.6. The minimum atomic E-state index is -0.800. The first-order valence-corrected chi connectivity index (χ1v) is 32.5. The predicted molar refractivity (Wildman–Crippen MR) is 339 cm³/mol. The number of hydrogen-bond donors (Lipinski definition) is 0. The van der Waals surface area contributed by atoms with Crippen LogP contribution in [0.2, 0.25) is 0 Å². The van der Waals surface area contributed by atoms with Crippen LogP contribution in [0.1, 0.15) is 297 Å². The average molecular weight is 1080 g/mol. The zero-order valence-corrected chi connectivity index (χ0v) is 50.9. The molecular formula is C72H120O6. The molecule has 0 aromatic rings. The van der Waals surface area contributed by atoms with Crippen molar-refractivity contribution in [2.45, 2.75) is 303 Å². The van der Waals surface area contributed by atoms with Crippen molar-refractivity contribution in [3.05, 3.63) is 122 Å². The number of rotatable bonds is 58. The Morgan fingerprint density at radius 3 is 0.808 bits per heavy atom. The fraction of sp³-hybridized carbons (Fsp3) is 0.681. The third-order valence-corrected chi connectivity index (χ3v) is 13.7. The molecule has 6 nitrogen and oxygen atoms in total. The first-order valence-electron chi connectivity index (χ1n) is 32.5. The summed E-state index contributed by atoms with van der Waals surface area (Å²) >= 11 is 0. The Bertz CT molecular complexity index is 1620. The van der Waals surface area contributed by atoms with Crippen LogP contribution in [0.15, 0.2) is 122 Å². The van der Waals surface area contributed by atoms with Crippen molar-refractivity contribution >= 4 is 17.9 Å². The minimum Gasteiger partial charge on any atom is -0.462 e. The molecule has 6 heteroatoms. The van der Waals surface area contributed by atoms with Gasteiger partial charge in [0.05, 0.1) is 0 Å². The van der Waals surface area contributed by atoms with E-state index in [2.05, 4.69) is 142 Å². The molecule has 0 saturated carbocycles. The van der Waals surface area contributed by atoms with Crippen molar-refractivity contribution in [3.8, 4) is 0 Å². The first-order chi connectivity index (χ1) is 38.5. The van der Waals surface area contributed by atoms with Gasteiger partial charge in [0.15, 0.2) is 6.10 Å². The Balaban J connectivity index is 4.20. The molecule has 0 aliphatic carbocycles. The highest BCUT2D eigenvalue weighted by Gasteiger charge is 2.19. The van der Waals surface area contributed by atoms with Crippen molar-refractivity contribution in [1.82, 2.24) is 0 Å².